The summed E-state index contributed by atoms with van der Waals surface area (Å²) in [5.74, 6) is 2.50. The third-order valence-electron chi connectivity index (χ3n) is 3.29. The number of benzene rings is 1. The average Bonchev–Trinajstić information content (AvgIpc) is 3.09. The quantitative estimate of drug-likeness (QED) is 0.939. The molecule has 20 heavy (non-hydrogen) atoms. The molecule has 0 bridgehead atoms. The Balaban J connectivity index is 0.00000147. The van der Waals surface area contributed by atoms with Gasteiger partial charge in [0.25, 0.3) is 5.89 Å². The number of halogens is 1. The number of nitrogens with zero attached hydrogens (tertiary/aromatic N) is 2. The Bertz CT molecular complexity index is 536. The zero-order valence-electron chi connectivity index (χ0n) is 11.3. The number of nitrogens with one attached hydrogen (secondary N) is 1. The lowest BCUT2D eigenvalue weighted by Gasteiger charge is -2.02. The van der Waals surface area contributed by atoms with E-state index < -0.39 is 0 Å². The summed E-state index contributed by atoms with van der Waals surface area (Å²) in [5.41, 5.74) is 1.21. The van der Waals surface area contributed by atoms with Crippen LogP contribution in [0.5, 0.6) is 5.75 Å². The van der Waals surface area contributed by atoms with Crippen molar-refractivity contribution in [2.75, 3.05) is 13.1 Å². The molecule has 1 aromatic heterocycles. The van der Waals surface area contributed by atoms with Gasteiger partial charge < -0.3 is 14.6 Å². The van der Waals surface area contributed by atoms with E-state index in [1.54, 1.807) is 0 Å². The average molecular weight is 296 g/mol. The molecule has 2 heterocycles. The summed E-state index contributed by atoms with van der Waals surface area (Å²) in [6.07, 6.45) is 1.07. The normalized spacial score (nSPS) is 17.8. The summed E-state index contributed by atoms with van der Waals surface area (Å²) >= 11 is 0. The van der Waals surface area contributed by atoms with Crippen molar-refractivity contribution < 1.29 is 9.26 Å². The molecule has 3 rings (SSSR count). The van der Waals surface area contributed by atoms with E-state index >= 15 is 0 Å². The van der Waals surface area contributed by atoms with E-state index in [4.69, 9.17) is 9.26 Å². The van der Waals surface area contributed by atoms with Gasteiger partial charge in [-0.25, -0.2) is 0 Å². The molecule has 2 aromatic rings. The first-order chi connectivity index (χ1) is 9.31. The molecular formula is C14H18ClN3O2. The first-order valence-corrected chi connectivity index (χ1v) is 6.54. The minimum absolute atomic E-state index is 0. The SMILES string of the molecule is Cc1ccc(OCc2nc(C3CCNC3)no2)cc1.Cl. The molecule has 1 saturated heterocycles. The second-order valence-corrected chi connectivity index (χ2v) is 4.84. The highest BCUT2D eigenvalue weighted by Gasteiger charge is 2.22. The van der Waals surface area contributed by atoms with E-state index in [2.05, 4.69) is 15.5 Å². The Morgan fingerprint density at radius 3 is 2.85 bits per heavy atom. The molecule has 1 fully saturated rings. The summed E-state index contributed by atoms with van der Waals surface area (Å²) in [6.45, 7) is 4.31. The molecule has 0 aliphatic carbocycles. The maximum absolute atomic E-state index is 5.61. The largest absolute Gasteiger partial charge is 0.484 e. The van der Waals surface area contributed by atoms with Gasteiger partial charge in [-0.15, -0.1) is 12.4 Å². The molecule has 0 radical (unpaired) electrons. The van der Waals surface area contributed by atoms with Crippen molar-refractivity contribution in [3.63, 3.8) is 0 Å². The number of rotatable bonds is 4. The lowest BCUT2D eigenvalue weighted by molar-refractivity contribution is 0.242. The number of hydrogen-bond acceptors (Lipinski definition) is 5. The molecule has 6 heteroatoms. The van der Waals surface area contributed by atoms with Gasteiger partial charge in [0.15, 0.2) is 12.4 Å². The summed E-state index contributed by atoms with van der Waals surface area (Å²) in [5, 5.41) is 7.31. The van der Waals surface area contributed by atoms with Gasteiger partial charge in [-0.2, -0.15) is 4.98 Å². The molecule has 108 valence electrons. The molecule has 1 N–H and O–H groups in total. The van der Waals surface area contributed by atoms with Crippen molar-refractivity contribution in [2.24, 2.45) is 0 Å². The van der Waals surface area contributed by atoms with Gasteiger partial charge >= 0.3 is 0 Å². The molecule has 1 aliphatic rings. The van der Waals surface area contributed by atoms with Gasteiger partial charge in [-0.05, 0) is 32.0 Å². The smallest absolute Gasteiger partial charge is 0.264 e. The minimum Gasteiger partial charge on any atom is -0.484 e. The van der Waals surface area contributed by atoms with Crippen molar-refractivity contribution in [3.8, 4) is 5.75 Å². The Labute approximate surface area is 124 Å². The topological polar surface area (TPSA) is 60.2 Å². The molecule has 1 aromatic carbocycles. The van der Waals surface area contributed by atoms with Crippen LogP contribution in [0, 0.1) is 6.92 Å². The van der Waals surface area contributed by atoms with Gasteiger partial charge in [0, 0.05) is 12.5 Å². The van der Waals surface area contributed by atoms with Crippen molar-refractivity contribution >= 4 is 12.4 Å². The fourth-order valence-corrected chi connectivity index (χ4v) is 2.15. The van der Waals surface area contributed by atoms with E-state index in [1.807, 2.05) is 31.2 Å². The second kappa shape index (κ2) is 6.72. The maximum Gasteiger partial charge on any atom is 0.264 e. The second-order valence-electron chi connectivity index (χ2n) is 4.84. The number of hydrogen-bond donors (Lipinski definition) is 1. The first-order valence-electron chi connectivity index (χ1n) is 6.54. The van der Waals surface area contributed by atoms with E-state index in [0.717, 1.165) is 31.1 Å². The van der Waals surface area contributed by atoms with Crippen LogP contribution in [0.1, 0.15) is 29.6 Å². The van der Waals surface area contributed by atoms with Gasteiger partial charge in [0.05, 0.1) is 0 Å². The Kier molecular flexibility index (Phi) is 4.98. The molecule has 0 saturated carbocycles. The third kappa shape index (κ3) is 3.49. The number of aryl methyl sites for hydroxylation is 1. The van der Waals surface area contributed by atoms with Gasteiger partial charge in [-0.3, -0.25) is 0 Å². The van der Waals surface area contributed by atoms with E-state index in [-0.39, 0.29) is 12.4 Å². The highest BCUT2D eigenvalue weighted by Crippen LogP contribution is 2.19. The molecule has 1 unspecified atom stereocenters. The van der Waals surface area contributed by atoms with Crippen LogP contribution in [0.4, 0.5) is 0 Å². The number of aromatic nitrogens is 2. The van der Waals surface area contributed by atoms with E-state index in [0.29, 0.717) is 18.4 Å². The Hall–Kier alpha value is -1.59. The van der Waals surface area contributed by atoms with Crippen LogP contribution < -0.4 is 10.1 Å². The van der Waals surface area contributed by atoms with Gasteiger partial charge in [-0.1, -0.05) is 22.9 Å². The zero-order chi connectivity index (χ0) is 13.1. The Morgan fingerprint density at radius 1 is 1.35 bits per heavy atom. The van der Waals surface area contributed by atoms with Crippen LogP contribution in [-0.4, -0.2) is 23.2 Å². The van der Waals surface area contributed by atoms with Crippen LogP contribution >= 0.6 is 12.4 Å². The summed E-state index contributed by atoms with van der Waals surface area (Å²) < 4.78 is 10.8. The van der Waals surface area contributed by atoms with Crippen molar-refractivity contribution in [1.82, 2.24) is 15.5 Å². The van der Waals surface area contributed by atoms with Crippen LogP contribution in [0.25, 0.3) is 0 Å². The van der Waals surface area contributed by atoms with Crippen LogP contribution in [0.2, 0.25) is 0 Å². The molecular weight excluding hydrogens is 278 g/mol. The predicted octanol–water partition coefficient (Wildman–Crippen LogP) is 2.46. The fourth-order valence-electron chi connectivity index (χ4n) is 2.15. The molecule has 0 spiro atoms. The fraction of sp³-hybridized carbons (Fsp3) is 0.429. The summed E-state index contributed by atoms with van der Waals surface area (Å²) in [4.78, 5) is 4.38. The highest BCUT2D eigenvalue weighted by molar-refractivity contribution is 5.85. The zero-order valence-corrected chi connectivity index (χ0v) is 12.2. The number of ether oxygens (including phenoxy) is 1. The lowest BCUT2D eigenvalue weighted by Crippen LogP contribution is -2.08. The van der Waals surface area contributed by atoms with Crippen LogP contribution in [0.15, 0.2) is 28.8 Å². The van der Waals surface area contributed by atoms with Crippen molar-refractivity contribution in [3.05, 3.63) is 41.5 Å². The maximum atomic E-state index is 5.61. The molecule has 0 amide bonds. The third-order valence-corrected chi connectivity index (χ3v) is 3.29. The summed E-state index contributed by atoms with van der Waals surface area (Å²) in [6, 6.07) is 7.90. The first kappa shape index (κ1) is 14.8. The Morgan fingerprint density at radius 2 is 2.15 bits per heavy atom. The van der Waals surface area contributed by atoms with Crippen molar-refractivity contribution in [1.29, 1.82) is 0 Å². The van der Waals surface area contributed by atoms with Gasteiger partial charge in [0.2, 0.25) is 0 Å². The standard InChI is InChI=1S/C14H17N3O2.ClH/c1-10-2-4-12(5-3-10)18-9-13-16-14(17-19-13)11-6-7-15-8-11;/h2-5,11,15H,6-9H2,1H3;1H. The van der Waals surface area contributed by atoms with Crippen molar-refractivity contribution in [2.45, 2.75) is 25.9 Å². The lowest BCUT2D eigenvalue weighted by atomic mass is 10.1. The van der Waals surface area contributed by atoms with E-state index in [1.165, 1.54) is 5.56 Å². The van der Waals surface area contributed by atoms with Gasteiger partial charge in [0.1, 0.15) is 5.75 Å². The summed E-state index contributed by atoms with van der Waals surface area (Å²) in [7, 11) is 0. The monoisotopic (exact) mass is 295 g/mol. The minimum atomic E-state index is 0. The predicted molar refractivity (Wildman–Crippen MR) is 77.3 cm³/mol. The molecule has 5 nitrogen and oxygen atoms in total. The highest BCUT2D eigenvalue weighted by atomic mass is 35.5. The van der Waals surface area contributed by atoms with Crippen LogP contribution in [0.3, 0.4) is 0 Å². The van der Waals surface area contributed by atoms with E-state index in [9.17, 15) is 0 Å². The molecule has 1 atom stereocenters. The van der Waals surface area contributed by atoms with Crippen LogP contribution in [-0.2, 0) is 6.61 Å². The molecule has 1 aliphatic heterocycles.